The third-order valence-electron chi connectivity index (χ3n) is 3.53. The highest BCUT2D eigenvalue weighted by molar-refractivity contribution is 5.29. The number of aliphatic hydroxyl groups is 1. The fraction of sp³-hybridized carbons (Fsp3) is 0.571. The minimum atomic E-state index is -1.08. The molecule has 1 unspecified atom stereocenters. The third-order valence-corrected chi connectivity index (χ3v) is 3.53. The number of ether oxygens (including phenoxy) is 1. The molecule has 1 N–H and O–H groups in total. The van der Waals surface area contributed by atoms with Gasteiger partial charge in [0.15, 0.2) is 0 Å². The minimum Gasteiger partial charge on any atom is -0.382 e. The molecule has 0 spiro atoms. The van der Waals surface area contributed by atoms with Crippen molar-refractivity contribution in [2.45, 2.75) is 50.9 Å². The van der Waals surface area contributed by atoms with Gasteiger partial charge in [0.1, 0.15) is 11.4 Å². The van der Waals surface area contributed by atoms with E-state index in [1.165, 1.54) is 12.1 Å². The first-order chi connectivity index (χ1) is 7.66. The molecule has 2 rings (SSSR count). The summed E-state index contributed by atoms with van der Waals surface area (Å²) in [5, 5.41) is 10.9. The van der Waals surface area contributed by atoms with Crippen LogP contribution in [0, 0.1) is 5.82 Å². The second-order valence-electron chi connectivity index (χ2n) is 5.92. The highest BCUT2D eigenvalue weighted by Gasteiger charge is 2.57. The first-order valence-corrected chi connectivity index (χ1v) is 5.85. The van der Waals surface area contributed by atoms with Gasteiger partial charge in [-0.2, -0.15) is 0 Å². The van der Waals surface area contributed by atoms with Crippen molar-refractivity contribution in [2.24, 2.45) is 0 Å². The lowest BCUT2D eigenvalue weighted by atomic mass is 9.77. The molecule has 1 atom stereocenters. The van der Waals surface area contributed by atoms with Gasteiger partial charge in [-0.05, 0) is 45.4 Å². The molecule has 0 bridgehead atoms. The summed E-state index contributed by atoms with van der Waals surface area (Å²) in [5.74, 6) is -0.298. The van der Waals surface area contributed by atoms with E-state index in [0.717, 1.165) is 0 Å². The van der Waals surface area contributed by atoms with Crippen LogP contribution in [0.3, 0.4) is 0 Å². The molecule has 3 heteroatoms. The number of hydrogen-bond donors (Lipinski definition) is 1. The molecule has 0 radical (unpaired) electrons. The molecule has 17 heavy (non-hydrogen) atoms. The van der Waals surface area contributed by atoms with Gasteiger partial charge < -0.3 is 9.84 Å². The second kappa shape index (κ2) is 3.53. The molecule has 0 saturated carbocycles. The van der Waals surface area contributed by atoms with E-state index in [9.17, 15) is 9.50 Å². The molecule has 1 heterocycles. The van der Waals surface area contributed by atoms with E-state index >= 15 is 0 Å². The summed E-state index contributed by atoms with van der Waals surface area (Å²) < 4.78 is 18.8. The molecule has 0 aromatic heterocycles. The van der Waals surface area contributed by atoms with E-state index in [1.807, 2.05) is 27.7 Å². The van der Waals surface area contributed by atoms with Crippen LogP contribution in [0.15, 0.2) is 24.3 Å². The topological polar surface area (TPSA) is 29.5 Å². The summed E-state index contributed by atoms with van der Waals surface area (Å²) in [6, 6.07) is 5.99. The lowest BCUT2D eigenvalue weighted by Gasteiger charge is -2.35. The molecular weight excluding hydrogens is 219 g/mol. The molecule has 1 aliphatic rings. The molecule has 94 valence electrons. The maximum absolute atomic E-state index is 12.9. The SMILES string of the molecule is CC1(C)CC(O)(c2ccc(F)cc2)C(C)(C)O1. The van der Waals surface area contributed by atoms with Crippen molar-refractivity contribution in [3.05, 3.63) is 35.6 Å². The van der Waals surface area contributed by atoms with Gasteiger partial charge in [0.05, 0.1) is 11.2 Å². The molecule has 0 aliphatic carbocycles. The van der Waals surface area contributed by atoms with Crippen molar-refractivity contribution in [2.75, 3.05) is 0 Å². The Bertz CT molecular complexity index is 422. The van der Waals surface area contributed by atoms with Gasteiger partial charge in [-0.3, -0.25) is 0 Å². The van der Waals surface area contributed by atoms with E-state index in [1.54, 1.807) is 12.1 Å². The summed E-state index contributed by atoms with van der Waals surface area (Å²) in [7, 11) is 0. The fourth-order valence-electron chi connectivity index (χ4n) is 2.82. The number of rotatable bonds is 1. The van der Waals surface area contributed by atoms with Crippen molar-refractivity contribution in [1.82, 2.24) is 0 Å². The Kier molecular flexibility index (Phi) is 2.60. The summed E-state index contributed by atoms with van der Waals surface area (Å²) in [4.78, 5) is 0. The molecule has 1 aromatic carbocycles. The van der Waals surface area contributed by atoms with Gasteiger partial charge in [-0.15, -0.1) is 0 Å². The van der Waals surface area contributed by atoms with Gasteiger partial charge in [0, 0.05) is 6.42 Å². The predicted molar refractivity (Wildman–Crippen MR) is 64.2 cm³/mol. The monoisotopic (exact) mass is 238 g/mol. The molecule has 1 fully saturated rings. The molecule has 1 aliphatic heterocycles. The second-order valence-corrected chi connectivity index (χ2v) is 5.92. The van der Waals surface area contributed by atoms with E-state index in [4.69, 9.17) is 4.74 Å². The van der Waals surface area contributed by atoms with Crippen molar-refractivity contribution in [1.29, 1.82) is 0 Å². The van der Waals surface area contributed by atoms with Crippen molar-refractivity contribution >= 4 is 0 Å². The Morgan fingerprint density at radius 3 is 2.06 bits per heavy atom. The third kappa shape index (κ3) is 1.98. The van der Waals surface area contributed by atoms with Gasteiger partial charge in [0.25, 0.3) is 0 Å². The maximum Gasteiger partial charge on any atom is 0.123 e. The number of halogens is 1. The normalized spacial score (nSPS) is 30.5. The molecule has 2 nitrogen and oxygen atoms in total. The van der Waals surface area contributed by atoms with Gasteiger partial charge in [-0.25, -0.2) is 4.39 Å². The van der Waals surface area contributed by atoms with Gasteiger partial charge in [0.2, 0.25) is 0 Å². The Balaban J connectivity index is 2.45. The van der Waals surface area contributed by atoms with Crippen LogP contribution >= 0.6 is 0 Å². The zero-order valence-electron chi connectivity index (χ0n) is 10.7. The average molecular weight is 238 g/mol. The van der Waals surface area contributed by atoms with Crippen LogP contribution in [0.1, 0.15) is 39.7 Å². The van der Waals surface area contributed by atoms with E-state index in [-0.39, 0.29) is 11.4 Å². The zero-order valence-corrected chi connectivity index (χ0v) is 10.7. The largest absolute Gasteiger partial charge is 0.382 e. The van der Waals surface area contributed by atoms with Gasteiger partial charge in [-0.1, -0.05) is 12.1 Å². The van der Waals surface area contributed by atoms with Crippen LogP contribution in [0.4, 0.5) is 4.39 Å². The van der Waals surface area contributed by atoms with Crippen LogP contribution in [0.25, 0.3) is 0 Å². The highest BCUT2D eigenvalue weighted by atomic mass is 19.1. The standard InChI is InChI=1S/C14H19FO2/c1-12(2)9-14(16,13(3,4)17-12)10-5-7-11(15)8-6-10/h5-8,16H,9H2,1-4H3. The first-order valence-electron chi connectivity index (χ1n) is 5.85. The van der Waals surface area contributed by atoms with E-state index in [2.05, 4.69) is 0 Å². The molecule has 0 amide bonds. The fourth-order valence-corrected chi connectivity index (χ4v) is 2.82. The van der Waals surface area contributed by atoms with Crippen molar-refractivity contribution in [3.63, 3.8) is 0 Å². The summed E-state index contributed by atoms with van der Waals surface area (Å²) in [6.45, 7) is 7.64. The zero-order chi connectivity index (χ0) is 12.9. The number of benzene rings is 1. The quantitative estimate of drug-likeness (QED) is 0.815. The molecule has 1 aromatic rings. The number of hydrogen-bond acceptors (Lipinski definition) is 2. The van der Waals surface area contributed by atoms with Crippen LogP contribution in [-0.4, -0.2) is 16.3 Å². The van der Waals surface area contributed by atoms with Crippen LogP contribution in [0.2, 0.25) is 0 Å². The Morgan fingerprint density at radius 2 is 1.65 bits per heavy atom. The first kappa shape index (κ1) is 12.5. The van der Waals surface area contributed by atoms with E-state index in [0.29, 0.717) is 12.0 Å². The Labute approximate surface area is 101 Å². The highest BCUT2D eigenvalue weighted by Crippen LogP contribution is 2.50. The van der Waals surface area contributed by atoms with Crippen LogP contribution < -0.4 is 0 Å². The lowest BCUT2D eigenvalue weighted by molar-refractivity contribution is -0.129. The Hall–Kier alpha value is -0.930. The lowest BCUT2D eigenvalue weighted by Crippen LogP contribution is -2.43. The molecular formula is C14H19FO2. The summed E-state index contributed by atoms with van der Waals surface area (Å²) >= 11 is 0. The minimum absolute atomic E-state index is 0.298. The van der Waals surface area contributed by atoms with Crippen LogP contribution in [0.5, 0.6) is 0 Å². The van der Waals surface area contributed by atoms with Crippen LogP contribution in [-0.2, 0) is 10.3 Å². The molecule has 1 saturated heterocycles. The predicted octanol–water partition coefficient (Wildman–Crippen LogP) is 2.99. The van der Waals surface area contributed by atoms with Crippen molar-refractivity contribution < 1.29 is 14.2 Å². The summed E-state index contributed by atoms with van der Waals surface area (Å²) in [6.07, 6.45) is 0.499. The van der Waals surface area contributed by atoms with Crippen molar-refractivity contribution in [3.8, 4) is 0 Å². The van der Waals surface area contributed by atoms with E-state index < -0.39 is 11.2 Å². The summed E-state index contributed by atoms with van der Waals surface area (Å²) in [5.41, 5.74) is -1.44. The maximum atomic E-state index is 12.9. The van der Waals surface area contributed by atoms with Gasteiger partial charge >= 0.3 is 0 Å². The average Bonchev–Trinajstić information content (AvgIpc) is 2.32. The smallest absolute Gasteiger partial charge is 0.123 e. The Morgan fingerprint density at radius 1 is 1.12 bits per heavy atom.